The second kappa shape index (κ2) is 5.71. The highest BCUT2D eigenvalue weighted by molar-refractivity contribution is 4.98. The van der Waals surface area contributed by atoms with Crippen LogP contribution < -0.4 is 5.32 Å². The Kier molecular flexibility index (Phi) is 4.48. The average molecular weight is 238 g/mol. The van der Waals surface area contributed by atoms with E-state index < -0.39 is 0 Å². The van der Waals surface area contributed by atoms with E-state index in [1.165, 1.54) is 58.0 Å². The summed E-state index contributed by atoms with van der Waals surface area (Å²) in [6, 6.07) is 0.756. The third-order valence-corrected chi connectivity index (χ3v) is 5.51. The van der Waals surface area contributed by atoms with Gasteiger partial charge < -0.3 is 5.32 Å². The molecule has 2 nitrogen and oxygen atoms in total. The summed E-state index contributed by atoms with van der Waals surface area (Å²) >= 11 is 0. The predicted molar refractivity (Wildman–Crippen MR) is 74.3 cm³/mol. The Hall–Kier alpha value is -0.0800. The molecule has 2 rings (SSSR count). The van der Waals surface area contributed by atoms with E-state index in [4.69, 9.17) is 0 Å². The molecule has 0 aromatic carbocycles. The molecule has 1 unspecified atom stereocenters. The molecule has 0 amide bonds. The minimum absolute atomic E-state index is 0.422. The third kappa shape index (κ3) is 2.68. The predicted octanol–water partition coefficient (Wildman–Crippen LogP) is 3.03. The summed E-state index contributed by atoms with van der Waals surface area (Å²) in [6.07, 6.45) is 9.83. The van der Waals surface area contributed by atoms with Crippen molar-refractivity contribution in [3.05, 3.63) is 0 Å². The first-order valence-electron chi connectivity index (χ1n) is 7.66. The molecule has 1 saturated carbocycles. The Morgan fingerprint density at radius 2 is 1.76 bits per heavy atom. The van der Waals surface area contributed by atoms with Gasteiger partial charge in [0.15, 0.2) is 0 Å². The highest BCUT2D eigenvalue weighted by atomic mass is 15.3. The lowest BCUT2D eigenvalue weighted by Crippen LogP contribution is -2.64. The van der Waals surface area contributed by atoms with Crippen molar-refractivity contribution in [3.8, 4) is 0 Å². The van der Waals surface area contributed by atoms with Gasteiger partial charge in [-0.3, -0.25) is 4.90 Å². The standard InChI is InChI=1S/C15H30N2/c1-4-15(5-2)12-16-14(11-17(15)3)13-9-7-6-8-10-13/h13-14,16H,4-12H2,1-3H3. The fraction of sp³-hybridized carbons (Fsp3) is 1.00. The molecule has 0 aromatic rings. The molecule has 0 radical (unpaired) electrons. The van der Waals surface area contributed by atoms with Crippen LogP contribution in [0.15, 0.2) is 0 Å². The summed E-state index contributed by atoms with van der Waals surface area (Å²) in [4.78, 5) is 2.64. The molecule has 1 aliphatic carbocycles. The maximum Gasteiger partial charge on any atom is 0.0326 e. The number of piperazine rings is 1. The van der Waals surface area contributed by atoms with Crippen molar-refractivity contribution in [2.24, 2.45) is 5.92 Å². The SMILES string of the molecule is CCC1(CC)CNC(C2CCCCC2)CN1C. The van der Waals surface area contributed by atoms with Gasteiger partial charge in [0.2, 0.25) is 0 Å². The molecule has 1 heterocycles. The quantitative estimate of drug-likeness (QED) is 0.813. The normalized spacial score (nSPS) is 31.6. The summed E-state index contributed by atoms with van der Waals surface area (Å²) in [5, 5.41) is 3.87. The number of hydrogen-bond acceptors (Lipinski definition) is 2. The zero-order valence-corrected chi connectivity index (χ0v) is 12.0. The number of hydrogen-bond donors (Lipinski definition) is 1. The van der Waals surface area contributed by atoms with E-state index in [0.29, 0.717) is 5.54 Å². The highest BCUT2D eigenvalue weighted by Gasteiger charge is 2.38. The molecular weight excluding hydrogens is 208 g/mol. The van der Waals surface area contributed by atoms with Crippen molar-refractivity contribution in [2.45, 2.75) is 70.4 Å². The van der Waals surface area contributed by atoms with Crippen molar-refractivity contribution in [2.75, 3.05) is 20.1 Å². The molecule has 0 aromatic heterocycles. The van der Waals surface area contributed by atoms with Crippen LogP contribution in [-0.4, -0.2) is 36.6 Å². The van der Waals surface area contributed by atoms with Gasteiger partial charge in [-0.05, 0) is 38.6 Å². The Morgan fingerprint density at radius 3 is 2.29 bits per heavy atom. The summed E-state index contributed by atoms with van der Waals surface area (Å²) < 4.78 is 0. The van der Waals surface area contributed by atoms with Gasteiger partial charge in [0.1, 0.15) is 0 Å². The minimum atomic E-state index is 0.422. The molecule has 1 N–H and O–H groups in total. The van der Waals surface area contributed by atoms with E-state index in [1.807, 2.05) is 0 Å². The molecule has 2 fully saturated rings. The van der Waals surface area contributed by atoms with E-state index in [2.05, 4.69) is 31.1 Å². The first-order chi connectivity index (χ1) is 8.22. The van der Waals surface area contributed by atoms with Crippen molar-refractivity contribution >= 4 is 0 Å². The van der Waals surface area contributed by atoms with Gasteiger partial charge in [-0.2, -0.15) is 0 Å². The molecular formula is C15H30N2. The van der Waals surface area contributed by atoms with Crippen molar-refractivity contribution in [3.63, 3.8) is 0 Å². The Balaban J connectivity index is 1.93. The van der Waals surface area contributed by atoms with Crippen LogP contribution in [-0.2, 0) is 0 Å². The number of nitrogens with zero attached hydrogens (tertiary/aromatic N) is 1. The number of rotatable bonds is 3. The fourth-order valence-corrected chi connectivity index (χ4v) is 3.90. The fourth-order valence-electron chi connectivity index (χ4n) is 3.90. The van der Waals surface area contributed by atoms with E-state index in [9.17, 15) is 0 Å². The van der Waals surface area contributed by atoms with Crippen LogP contribution in [0.1, 0.15) is 58.8 Å². The van der Waals surface area contributed by atoms with Crippen LogP contribution in [0, 0.1) is 5.92 Å². The summed E-state index contributed by atoms with van der Waals surface area (Å²) in [7, 11) is 2.34. The number of nitrogens with one attached hydrogen (secondary N) is 1. The van der Waals surface area contributed by atoms with Gasteiger partial charge in [0.25, 0.3) is 0 Å². The monoisotopic (exact) mass is 238 g/mol. The molecule has 17 heavy (non-hydrogen) atoms. The molecule has 2 heteroatoms. The largest absolute Gasteiger partial charge is 0.311 e. The Morgan fingerprint density at radius 1 is 1.12 bits per heavy atom. The summed E-state index contributed by atoms with van der Waals surface area (Å²) in [5.74, 6) is 0.943. The zero-order chi connectivity index (χ0) is 12.3. The topological polar surface area (TPSA) is 15.3 Å². The highest BCUT2D eigenvalue weighted by Crippen LogP contribution is 2.32. The number of likely N-dealkylation sites (N-methyl/N-ethyl adjacent to an activating group) is 1. The van der Waals surface area contributed by atoms with E-state index in [0.717, 1.165) is 12.0 Å². The second-order valence-electron chi connectivity index (χ2n) is 6.20. The molecule has 1 saturated heterocycles. The van der Waals surface area contributed by atoms with Gasteiger partial charge in [-0.25, -0.2) is 0 Å². The van der Waals surface area contributed by atoms with E-state index in [1.54, 1.807) is 0 Å². The van der Waals surface area contributed by atoms with Crippen LogP contribution in [0.4, 0.5) is 0 Å². The summed E-state index contributed by atoms with van der Waals surface area (Å²) in [5.41, 5.74) is 0.422. The average Bonchev–Trinajstić information content (AvgIpc) is 2.40. The molecule has 2 aliphatic rings. The zero-order valence-electron chi connectivity index (χ0n) is 12.0. The van der Waals surface area contributed by atoms with Crippen molar-refractivity contribution < 1.29 is 0 Å². The van der Waals surface area contributed by atoms with Gasteiger partial charge in [-0.15, -0.1) is 0 Å². The van der Waals surface area contributed by atoms with Crippen molar-refractivity contribution in [1.29, 1.82) is 0 Å². The van der Waals surface area contributed by atoms with Crippen LogP contribution in [0.3, 0.4) is 0 Å². The Bertz CT molecular complexity index is 229. The third-order valence-electron chi connectivity index (χ3n) is 5.51. The minimum Gasteiger partial charge on any atom is -0.311 e. The van der Waals surface area contributed by atoms with Crippen LogP contribution >= 0.6 is 0 Å². The first-order valence-corrected chi connectivity index (χ1v) is 7.66. The van der Waals surface area contributed by atoms with Crippen LogP contribution in [0.2, 0.25) is 0 Å². The summed E-state index contributed by atoms with van der Waals surface area (Å²) in [6.45, 7) is 7.12. The smallest absolute Gasteiger partial charge is 0.0326 e. The molecule has 100 valence electrons. The van der Waals surface area contributed by atoms with E-state index in [-0.39, 0.29) is 0 Å². The van der Waals surface area contributed by atoms with Gasteiger partial charge >= 0.3 is 0 Å². The maximum atomic E-state index is 3.87. The molecule has 0 bridgehead atoms. The van der Waals surface area contributed by atoms with Crippen LogP contribution in [0.25, 0.3) is 0 Å². The lowest BCUT2D eigenvalue weighted by atomic mass is 9.80. The van der Waals surface area contributed by atoms with Gasteiger partial charge in [0.05, 0.1) is 0 Å². The van der Waals surface area contributed by atoms with Gasteiger partial charge in [0, 0.05) is 24.7 Å². The van der Waals surface area contributed by atoms with Gasteiger partial charge in [-0.1, -0.05) is 33.1 Å². The van der Waals surface area contributed by atoms with E-state index >= 15 is 0 Å². The Labute approximate surface area is 107 Å². The first kappa shape index (κ1) is 13.4. The maximum absolute atomic E-state index is 3.87. The molecule has 1 atom stereocenters. The van der Waals surface area contributed by atoms with Crippen molar-refractivity contribution in [1.82, 2.24) is 10.2 Å². The van der Waals surface area contributed by atoms with Crippen LogP contribution in [0.5, 0.6) is 0 Å². The second-order valence-corrected chi connectivity index (χ2v) is 6.20. The molecule has 0 spiro atoms. The molecule has 1 aliphatic heterocycles. The lowest BCUT2D eigenvalue weighted by molar-refractivity contribution is 0.0364. The lowest BCUT2D eigenvalue weighted by Gasteiger charge is -2.50.